The van der Waals surface area contributed by atoms with E-state index in [1.54, 1.807) is 25.1 Å². The van der Waals surface area contributed by atoms with Crippen molar-refractivity contribution in [1.29, 1.82) is 0 Å². The van der Waals surface area contributed by atoms with E-state index < -0.39 is 89.3 Å². The van der Waals surface area contributed by atoms with Crippen molar-refractivity contribution in [2.75, 3.05) is 18.1 Å². The van der Waals surface area contributed by atoms with E-state index in [-0.39, 0.29) is 57.3 Å². The van der Waals surface area contributed by atoms with E-state index in [2.05, 4.69) is 46.0 Å². The second-order valence-electron chi connectivity index (χ2n) is 14.3. The molecule has 2 aromatic heterocycles. The third-order valence-corrected chi connectivity index (χ3v) is 14.8. The van der Waals surface area contributed by atoms with Crippen LogP contribution in [0.5, 0.6) is 11.5 Å². The summed E-state index contributed by atoms with van der Waals surface area (Å²) in [6, 6.07) is 17.3. The molecule has 0 aliphatic carbocycles. The van der Waals surface area contributed by atoms with Gasteiger partial charge in [0, 0.05) is 22.4 Å². The molecule has 7 aromatic rings. The highest BCUT2D eigenvalue weighted by molar-refractivity contribution is 8.01. The average Bonchev–Trinajstić information content (AvgIpc) is 3.88. The number of ether oxygens (including phenoxy) is 1. The van der Waals surface area contributed by atoms with E-state index in [0.29, 0.717) is 26.3 Å². The first-order chi connectivity index (χ1) is 32.9. The Morgan fingerprint density at radius 1 is 0.729 bits per heavy atom. The molecule has 31 heteroatoms. The van der Waals surface area contributed by atoms with Crippen LogP contribution in [0.1, 0.15) is 18.9 Å². The molecule has 0 fully saturated rings. The lowest BCUT2D eigenvalue weighted by Gasteiger charge is -2.11. The van der Waals surface area contributed by atoms with Crippen LogP contribution in [-0.2, 0) is 40.5 Å². The average molecular weight is 1080 g/mol. The van der Waals surface area contributed by atoms with Gasteiger partial charge in [-0.3, -0.25) is 28.1 Å². The van der Waals surface area contributed by atoms with Gasteiger partial charge in [-0.25, -0.2) is 4.68 Å². The number of phenols is 1. The number of phenolic OH excluding ortho intramolecular Hbond substituents is 1. The predicted octanol–water partition coefficient (Wildman–Crippen LogP) is 8.61. The Bertz CT molecular complexity index is 3800. The fourth-order valence-corrected chi connectivity index (χ4v) is 10.6. The van der Waals surface area contributed by atoms with E-state index >= 15 is 0 Å². The van der Waals surface area contributed by atoms with E-state index in [1.165, 1.54) is 53.4 Å². The number of benzene rings is 5. The summed E-state index contributed by atoms with van der Waals surface area (Å²) in [5.41, 5.74) is -2.10. The molecule has 366 valence electrons. The molecule has 0 aliphatic rings. The van der Waals surface area contributed by atoms with Crippen molar-refractivity contribution in [1.82, 2.24) is 20.0 Å². The highest BCUT2D eigenvalue weighted by Gasteiger charge is 2.27. The monoisotopic (exact) mass is 1070 g/mol. The smallest absolute Gasteiger partial charge is 0.299 e. The first kappa shape index (κ1) is 51.2. The Labute approximate surface area is 404 Å². The maximum Gasteiger partial charge on any atom is 0.299 e. The normalized spacial score (nSPS) is 12.8. The van der Waals surface area contributed by atoms with E-state index in [9.17, 15) is 61.8 Å². The Balaban J connectivity index is 1.28. The Kier molecular flexibility index (Phi) is 14.9. The van der Waals surface area contributed by atoms with Gasteiger partial charge in [-0.05, 0) is 67.1 Å². The number of hydrogen-bond donors (Lipinski definition) is 6. The molecule has 70 heavy (non-hydrogen) atoms. The van der Waals surface area contributed by atoms with Crippen LogP contribution in [0.4, 0.5) is 33.6 Å². The summed E-state index contributed by atoms with van der Waals surface area (Å²) >= 11 is 2.70. The molecule has 0 saturated carbocycles. The van der Waals surface area contributed by atoms with Crippen molar-refractivity contribution in [2.24, 2.45) is 30.7 Å². The highest BCUT2D eigenvalue weighted by atomic mass is 32.2. The van der Waals surface area contributed by atoms with Gasteiger partial charge in [-0.1, -0.05) is 66.4 Å². The lowest BCUT2D eigenvalue weighted by atomic mass is 10.1. The minimum absolute atomic E-state index is 0.0422. The summed E-state index contributed by atoms with van der Waals surface area (Å²) in [4.78, 5) is 11.1. The van der Waals surface area contributed by atoms with Crippen LogP contribution < -0.4 is 10.3 Å². The van der Waals surface area contributed by atoms with Gasteiger partial charge >= 0.3 is 0 Å². The zero-order chi connectivity index (χ0) is 50.8. The highest BCUT2D eigenvalue weighted by Crippen LogP contribution is 2.43. The molecule has 2 heterocycles. The number of nitrogens with zero attached hydrogens (tertiary/aromatic N) is 9. The van der Waals surface area contributed by atoms with Crippen LogP contribution in [0.15, 0.2) is 139 Å². The summed E-state index contributed by atoms with van der Waals surface area (Å²) in [6.45, 7) is 3.43. The largest absolute Gasteiger partial charge is 0.505 e. The topological polar surface area (TPSA) is 385 Å². The minimum Gasteiger partial charge on any atom is -0.505 e. The fourth-order valence-electron chi connectivity index (χ4n) is 6.43. The molecule has 0 atom stereocenters. The van der Waals surface area contributed by atoms with Crippen LogP contribution in [0, 0.1) is 6.92 Å². The molecule has 6 N–H and O–H groups in total. The molecule has 0 saturated heterocycles. The third-order valence-electron chi connectivity index (χ3n) is 9.53. The molecule has 0 spiro atoms. The van der Waals surface area contributed by atoms with E-state index in [0.717, 1.165) is 36.1 Å². The summed E-state index contributed by atoms with van der Waals surface area (Å²) in [6.07, 6.45) is -0.113. The standard InChI is InChI=1S/C39H34N10O15S6/c1-3-65-39-47-46-38(66-39)45-42-28-20-31(64-16-7-17-67(52,53)54)29(18-21(28)2)43-40-26-13-12-25-24(35(26)50)11-14-27(36(25)70(61,62)63)41-44-34-33(22-8-5-4-6-9-22)48-49(37(34)51)30-15-10-23(68(55,56)57)19-32(30)69(58,59)60/h4-6,8-15,18-20,48,50H,3,7,16-17H2,1-2H3,(H,52,53,54)(H,55,56,57)(H,58,59,60)(H,61,62,63). The molecule has 0 aliphatic heterocycles. The van der Waals surface area contributed by atoms with Crippen LogP contribution in [0.25, 0.3) is 27.7 Å². The maximum absolute atomic E-state index is 14.0. The Morgan fingerprint density at radius 3 is 2.07 bits per heavy atom. The van der Waals surface area contributed by atoms with Crippen LogP contribution in [-0.4, -0.2) is 95.1 Å². The predicted molar refractivity (Wildman–Crippen MR) is 253 cm³/mol. The van der Waals surface area contributed by atoms with Crippen molar-refractivity contribution >= 4 is 108 Å². The first-order valence-electron chi connectivity index (χ1n) is 19.6. The van der Waals surface area contributed by atoms with E-state index in [1.807, 2.05) is 6.92 Å². The molecule has 5 aromatic carbocycles. The number of nitrogens with one attached hydrogen (secondary N) is 1. The number of H-pyrrole nitrogens is 1. The van der Waals surface area contributed by atoms with Crippen LogP contribution in [0.2, 0.25) is 0 Å². The number of fused-ring (bicyclic) bond motifs is 1. The second-order valence-corrected chi connectivity index (χ2v) is 22.5. The Hall–Kier alpha value is -6.68. The van der Waals surface area contributed by atoms with Crippen molar-refractivity contribution in [3.8, 4) is 28.4 Å². The molecule has 0 radical (unpaired) electrons. The van der Waals surface area contributed by atoms with Gasteiger partial charge in [-0.15, -0.1) is 40.9 Å². The summed E-state index contributed by atoms with van der Waals surface area (Å²) in [5.74, 6) is -0.410. The first-order valence-corrected chi connectivity index (χ1v) is 27.4. The van der Waals surface area contributed by atoms with Gasteiger partial charge in [0.25, 0.3) is 51.2 Å². The van der Waals surface area contributed by atoms with Gasteiger partial charge in [0.15, 0.2) is 15.8 Å². The number of thioether (sulfide) groups is 1. The second kappa shape index (κ2) is 20.3. The van der Waals surface area contributed by atoms with Crippen molar-refractivity contribution in [2.45, 2.75) is 39.3 Å². The third kappa shape index (κ3) is 11.8. The lowest BCUT2D eigenvalue weighted by Crippen LogP contribution is -2.18. The summed E-state index contributed by atoms with van der Waals surface area (Å²) < 4.78 is 143. The number of aromatic nitrogens is 4. The Morgan fingerprint density at radius 2 is 1.40 bits per heavy atom. The summed E-state index contributed by atoms with van der Waals surface area (Å²) in [5, 5.41) is 46.6. The zero-order valence-electron chi connectivity index (χ0n) is 35.7. The quantitative estimate of drug-likeness (QED) is 0.0203. The fraction of sp³-hybridized carbons (Fsp3) is 0.154. The number of rotatable bonds is 18. The number of aromatic amines is 1. The minimum atomic E-state index is -5.27. The SMILES string of the molecule is CCSc1nnc(N=Nc2cc(OCCCS(=O)(=O)O)c(N=Nc3ccc4c(S(=O)(=O)O)c(N=Nc5c(-c6ccccc6)[nH]n(-c6ccc(S(=O)(=O)O)cc6S(=O)(=O)O)c5=O)ccc4c3O)cc2C)s1. The number of aryl methyl sites for hydroxylation is 1. The van der Waals surface area contributed by atoms with Gasteiger partial charge < -0.3 is 9.84 Å². The molecular formula is C39H34N10O15S6. The van der Waals surface area contributed by atoms with Crippen molar-refractivity contribution < 1.29 is 61.7 Å². The summed E-state index contributed by atoms with van der Waals surface area (Å²) in [7, 11) is -19.8. The molecule has 25 nitrogen and oxygen atoms in total. The number of aromatic hydroxyl groups is 1. The number of azo groups is 3. The van der Waals surface area contributed by atoms with Gasteiger partial charge in [0.05, 0.1) is 34.3 Å². The molecule has 0 unspecified atom stereocenters. The molecule has 7 rings (SSSR count). The zero-order valence-corrected chi connectivity index (χ0v) is 40.6. The van der Waals surface area contributed by atoms with Crippen LogP contribution in [0.3, 0.4) is 0 Å². The molecule has 0 bridgehead atoms. The van der Waals surface area contributed by atoms with Crippen LogP contribution >= 0.6 is 23.1 Å². The van der Waals surface area contributed by atoms with Gasteiger partial charge in [0.2, 0.25) is 0 Å². The molecule has 0 amide bonds. The van der Waals surface area contributed by atoms with E-state index in [4.69, 9.17) is 4.74 Å². The maximum atomic E-state index is 14.0. The van der Waals surface area contributed by atoms with Crippen molar-refractivity contribution in [3.05, 3.63) is 101 Å². The molecular weight excluding hydrogens is 1040 g/mol. The van der Waals surface area contributed by atoms with Gasteiger partial charge in [-0.2, -0.15) is 33.7 Å². The van der Waals surface area contributed by atoms with Crippen molar-refractivity contribution in [3.63, 3.8) is 0 Å². The van der Waals surface area contributed by atoms with Gasteiger partial charge in [0.1, 0.15) is 32.6 Å². The number of hydrogen-bond acceptors (Lipinski definition) is 21. The lowest BCUT2D eigenvalue weighted by molar-refractivity contribution is 0.317.